The average Bonchev–Trinajstić information content (AvgIpc) is 2.44. The van der Waals surface area contributed by atoms with E-state index in [1.165, 1.54) is 11.8 Å². The number of pyridine rings is 1. The molecule has 1 heterocycles. The van der Waals surface area contributed by atoms with Gasteiger partial charge in [-0.05, 0) is 19.1 Å². The van der Waals surface area contributed by atoms with Crippen molar-refractivity contribution in [2.24, 2.45) is 0 Å². The monoisotopic (exact) mass is 300 g/mol. The van der Waals surface area contributed by atoms with Gasteiger partial charge in [0.25, 0.3) is 0 Å². The quantitative estimate of drug-likeness (QED) is 0.652. The molecule has 104 valence electrons. The zero-order valence-electron chi connectivity index (χ0n) is 10.8. The third kappa shape index (κ3) is 5.14. The van der Waals surface area contributed by atoms with E-state index in [0.29, 0.717) is 4.32 Å². The summed E-state index contributed by atoms with van der Waals surface area (Å²) in [6, 6.07) is 3.67. The maximum atomic E-state index is 11.6. The molecule has 0 saturated carbocycles. The molecule has 0 bridgehead atoms. The average molecular weight is 300 g/mol. The molecule has 0 fully saturated rings. The second-order valence-corrected chi connectivity index (χ2v) is 5.66. The summed E-state index contributed by atoms with van der Waals surface area (Å²) >= 11 is 6.52. The molecule has 7 heteroatoms. The van der Waals surface area contributed by atoms with Crippen molar-refractivity contribution in [3.8, 4) is 0 Å². The van der Waals surface area contributed by atoms with E-state index in [2.05, 4.69) is 4.98 Å². The summed E-state index contributed by atoms with van der Waals surface area (Å²) in [5, 5.41) is 8.18. The Bertz CT molecular complexity index is 428. The fourth-order valence-corrected chi connectivity index (χ4v) is 2.48. The van der Waals surface area contributed by atoms with Crippen LogP contribution in [0.5, 0.6) is 0 Å². The molecular weight excluding hydrogens is 284 g/mol. The molecule has 0 aliphatic carbocycles. The molecule has 0 amide bonds. The Labute approximate surface area is 122 Å². The van der Waals surface area contributed by atoms with Crippen LogP contribution in [0.15, 0.2) is 24.5 Å². The van der Waals surface area contributed by atoms with Crippen LogP contribution < -0.4 is 4.90 Å². The third-order valence-electron chi connectivity index (χ3n) is 2.27. The fourth-order valence-electron chi connectivity index (χ4n) is 1.22. The van der Waals surface area contributed by atoms with E-state index < -0.39 is 5.25 Å². The third-order valence-corrected chi connectivity index (χ3v) is 3.85. The molecule has 5 nitrogen and oxygen atoms in total. The zero-order valence-corrected chi connectivity index (χ0v) is 12.4. The molecule has 1 unspecified atom stereocenters. The summed E-state index contributed by atoms with van der Waals surface area (Å²) in [5.41, 5.74) is 0.906. The Balaban J connectivity index is 2.52. The molecule has 0 saturated heterocycles. The van der Waals surface area contributed by atoms with Crippen LogP contribution in [0.25, 0.3) is 0 Å². The standard InChI is InChI=1S/C12H16N2O3S2/c1-9(11(16)17-8-7-15)19-12(18)14(2)10-3-5-13-6-4-10/h3-6,9,15H,7-8H2,1-2H3. The SMILES string of the molecule is CC(SC(=S)N(C)c1ccncc1)C(=O)OCCO. The number of thiocarbonyl (C=S) groups is 1. The molecule has 0 spiro atoms. The minimum atomic E-state index is -0.414. The Morgan fingerprint density at radius 3 is 2.79 bits per heavy atom. The van der Waals surface area contributed by atoms with Crippen molar-refractivity contribution >= 4 is 40.0 Å². The van der Waals surface area contributed by atoms with Gasteiger partial charge in [0.2, 0.25) is 0 Å². The summed E-state index contributed by atoms with van der Waals surface area (Å²) in [6.45, 7) is 1.55. The number of hydrogen-bond donors (Lipinski definition) is 1. The molecule has 0 aliphatic heterocycles. The van der Waals surface area contributed by atoms with Gasteiger partial charge in [-0.2, -0.15) is 0 Å². The van der Waals surface area contributed by atoms with Gasteiger partial charge >= 0.3 is 5.97 Å². The second-order valence-electron chi connectivity index (χ2n) is 3.68. The van der Waals surface area contributed by atoms with Gasteiger partial charge < -0.3 is 14.7 Å². The van der Waals surface area contributed by atoms with E-state index in [0.717, 1.165) is 5.69 Å². The number of aliphatic hydroxyl groups is 1. The first kappa shape index (κ1) is 15.9. The van der Waals surface area contributed by atoms with Crippen LogP contribution in [0.4, 0.5) is 5.69 Å². The van der Waals surface area contributed by atoms with E-state index in [4.69, 9.17) is 22.1 Å². The first-order valence-corrected chi connectivity index (χ1v) is 6.97. The number of carbonyl (C=O) groups excluding carboxylic acids is 1. The van der Waals surface area contributed by atoms with E-state index >= 15 is 0 Å². The van der Waals surface area contributed by atoms with Gasteiger partial charge in [-0.3, -0.25) is 9.78 Å². The maximum Gasteiger partial charge on any atom is 0.319 e. The predicted molar refractivity (Wildman–Crippen MR) is 80.3 cm³/mol. The zero-order chi connectivity index (χ0) is 14.3. The normalized spacial score (nSPS) is 11.7. The van der Waals surface area contributed by atoms with Crippen LogP contribution in [0.2, 0.25) is 0 Å². The topological polar surface area (TPSA) is 62.7 Å². The number of esters is 1. The lowest BCUT2D eigenvalue weighted by atomic mass is 10.4. The van der Waals surface area contributed by atoms with Crippen molar-refractivity contribution in [1.82, 2.24) is 4.98 Å². The van der Waals surface area contributed by atoms with Gasteiger partial charge in [-0.25, -0.2) is 0 Å². The first-order chi connectivity index (χ1) is 9.06. The minimum absolute atomic E-state index is 0.0106. The Morgan fingerprint density at radius 1 is 1.58 bits per heavy atom. The first-order valence-electron chi connectivity index (χ1n) is 5.68. The molecular formula is C12H16N2O3S2. The lowest BCUT2D eigenvalue weighted by molar-refractivity contribution is -0.143. The van der Waals surface area contributed by atoms with Crippen LogP contribution in [-0.4, -0.2) is 45.9 Å². The highest BCUT2D eigenvalue weighted by atomic mass is 32.2. The summed E-state index contributed by atoms with van der Waals surface area (Å²) in [5.74, 6) is -0.385. The van der Waals surface area contributed by atoms with Crippen molar-refractivity contribution in [2.45, 2.75) is 12.2 Å². The van der Waals surface area contributed by atoms with E-state index in [1.54, 1.807) is 24.2 Å². The molecule has 0 aromatic carbocycles. The van der Waals surface area contributed by atoms with E-state index in [1.807, 2.05) is 19.2 Å². The van der Waals surface area contributed by atoms with E-state index in [-0.39, 0.29) is 19.2 Å². The molecule has 1 aromatic rings. The smallest absolute Gasteiger partial charge is 0.319 e. The van der Waals surface area contributed by atoms with Crippen LogP contribution >= 0.6 is 24.0 Å². The number of nitrogens with zero attached hydrogens (tertiary/aromatic N) is 2. The Hall–Kier alpha value is -1.18. The van der Waals surface area contributed by atoms with Crippen LogP contribution in [0.1, 0.15) is 6.92 Å². The lowest BCUT2D eigenvalue weighted by Crippen LogP contribution is -2.27. The van der Waals surface area contributed by atoms with Crippen molar-refractivity contribution in [1.29, 1.82) is 0 Å². The highest BCUT2D eigenvalue weighted by molar-refractivity contribution is 8.24. The molecule has 19 heavy (non-hydrogen) atoms. The maximum absolute atomic E-state index is 11.6. The number of thioether (sulfide) groups is 1. The number of ether oxygens (including phenoxy) is 1. The molecule has 0 radical (unpaired) electrons. The van der Waals surface area contributed by atoms with Crippen molar-refractivity contribution in [2.75, 3.05) is 25.2 Å². The number of aromatic nitrogens is 1. The lowest BCUT2D eigenvalue weighted by Gasteiger charge is -2.21. The van der Waals surface area contributed by atoms with E-state index in [9.17, 15) is 4.79 Å². The summed E-state index contributed by atoms with van der Waals surface area (Å²) in [6.07, 6.45) is 3.36. The van der Waals surface area contributed by atoms with Crippen LogP contribution in [0.3, 0.4) is 0 Å². The number of hydrogen-bond acceptors (Lipinski definition) is 6. The fraction of sp³-hybridized carbons (Fsp3) is 0.417. The van der Waals surface area contributed by atoms with Gasteiger partial charge in [0.1, 0.15) is 16.2 Å². The predicted octanol–water partition coefficient (Wildman–Crippen LogP) is 1.46. The minimum Gasteiger partial charge on any atom is -0.462 e. The van der Waals surface area contributed by atoms with Gasteiger partial charge in [0.15, 0.2) is 0 Å². The van der Waals surface area contributed by atoms with Crippen molar-refractivity contribution in [3.63, 3.8) is 0 Å². The summed E-state index contributed by atoms with van der Waals surface area (Å²) in [7, 11) is 1.83. The Morgan fingerprint density at radius 2 is 2.21 bits per heavy atom. The largest absolute Gasteiger partial charge is 0.462 e. The Kier molecular flexibility index (Phi) is 6.75. The number of aliphatic hydroxyl groups excluding tert-OH is 1. The van der Waals surface area contributed by atoms with Gasteiger partial charge in [-0.1, -0.05) is 24.0 Å². The highest BCUT2D eigenvalue weighted by Crippen LogP contribution is 2.21. The van der Waals surface area contributed by atoms with Gasteiger partial charge in [0.05, 0.1) is 6.61 Å². The molecule has 1 N–H and O–H groups in total. The van der Waals surface area contributed by atoms with Crippen molar-refractivity contribution in [3.05, 3.63) is 24.5 Å². The van der Waals surface area contributed by atoms with Crippen LogP contribution in [-0.2, 0) is 9.53 Å². The van der Waals surface area contributed by atoms with Crippen LogP contribution in [0, 0.1) is 0 Å². The summed E-state index contributed by atoms with van der Waals surface area (Å²) in [4.78, 5) is 17.3. The van der Waals surface area contributed by atoms with Gasteiger partial charge in [0, 0.05) is 25.1 Å². The molecule has 1 atom stereocenters. The second kappa shape index (κ2) is 8.08. The number of carbonyl (C=O) groups is 1. The number of anilines is 1. The molecule has 1 aromatic heterocycles. The van der Waals surface area contributed by atoms with Crippen molar-refractivity contribution < 1.29 is 14.6 Å². The highest BCUT2D eigenvalue weighted by Gasteiger charge is 2.19. The molecule has 1 rings (SSSR count). The summed E-state index contributed by atoms with van der Waals surface area (Å²) < 4.78 is 5.41. The van der Waals surface area contributed by atoms with Gasteiger partial charge in [-0.15, -0.1) is 0 Å². The number of rotatable bonds is 5. The molecule has 0 aliphatic rings.